The standard InChI is InChI=1S/C12H12BrN/c1-11(13)10-14-9-5-8-12-6-3-2-4-7-12/h2-4,6-7,14H,1,9-10H2. The maximum absolute atomic E-state index is 3.72. The van der Waals surface area contributed by atoms with Crippen LogP contribution < -0.4 is 5.32 Å². The molecule has 1 N–H and O–H groups in total. The zero-order chi connectivity index (χ0) is 10.2. The Bertz CT molecular complexity index is 346. The molecular formula is C12H12BrN. The van der Waals surface area contributed by atoms with E-state index in [9.17, 15) is 0 Å². The van der Waals surface area contributed by atoms with Gasteiger partial charge in [0.15, 0.2) is 0 Å². The van der Waals surface area contributed by atoms with Gasteiger partial charge >= 0.3 is 0 Å². The van der Waals surface area contributed by atoms with Gasteiger partial charge in [0.2, 0.25) is 0 Å². The third-order valence-electron chi connectivity index (χ3n) is 1.54. The number of rotatable bonds is 3. The van der Waals surface area contributed by atoms with Crippen molar-refractivity contribution in [1.82, 2.24) is 5.32 Å². The van der Waals surface area contributed by atoms with Crippen molar-refractivity contribution < 1.29 is 0 Å². The van der Waals surface area contributed by atoms with Crippen LogP contribution in [0.25, 0.3) is 0 Å². The number of halogens is 1. The molecule has 0 bridgehead atoms. The first-order valence-electron chi connectivity index (χ1n) is 4.37. The minimum absolute atomic E-state index is 0.680. The van der Waals surface area contributed by atoms with Gasteiger partial charge in [-0.3, -0.25) is 0 Å². The Morgan fingerprint density at radius 2 is 2.07 bits per heavy atom. The quantitative estimate of drug-likeness (QED) is 0.642. The molecule has 1 nitrogen and oxygen atoms in total. The third-order valence-corrected chi connectivity index (χ3v) is 1.82. The summed E-state index contributed by atoms with van der Waals surface area (Å²) in [4.78, 5) is 0. The predicted octanol–water partition coefficient (Wildman–Crippen LogP) is 2.54. The van der Waals surface area contributed by atoms with Crippen LogP contribution in [-0.2, 0) is 0 Å². The Morgan fingerprint density at radius 1 is 1.36 bits per heavy atom. The van der Waals surface area contributed by atoms with Crippen molar-refractivity contribution in [2.45, 2.75) is 0 Å². The highest BCUT2D eigenvalue weighted by atomic mass is 79.9. The molecule has 0 amide bonds. The lowest BCUT2D eigenvalue weighted by Gasteiger charge is -1.95. The van der Waals surface area contributed by atoms with Crippen molar-refractivity contribution in [3.05, 3.63) is 47.0 Å². The summed E-state index contributed by atoms with van der Waals surface area (Å²) >= 11 is 3.27. The van der Waals surface area contributed by atoms with E-state index in [1.165, 1.54) is 0 Å². The first-order chi connectivity index (χ1) is 6.79. The lowest BCUT2D eigenvalue weighted by atomic mass is 10.2. The van der Waals surface area contributed by atoms with Gasteiger partial charge in [0.1, 0.15) is 0 Å². The second kappa shape index (κ2) is 6.42. The van der Waals surface area contributed by atoms with Crippen LogP contribution in [0, 0.1) is 11.8 Å². The lowest BCUT2D eigenvalue weighted by molar-refractivity contribution is 0.853. The summed E-state index contributed by atoms with van der Waals surface area (Å²) in [5.41, 5.74) is 1.05. The van der Waals surface area contributed by atoms with Crippen molar-refractivity contribution >= 4 is 15.9 Å². The van der Waals surface area contributed by atoms with Crippen molar-refractivity contribution in [2.75, 3.05) is 13.1 Å². The molecule has 0 aromatic heterocycles. The number of hydrogen-bond donors (Lipinski definition) is 1. The van der Waals surface area contributed by atoms with Gasteiger partial charge in [-0.05, 0) is 12.1 Å². The maximum atomic E-state index is 3.72. The molecule has 0 fully saturated rings. The minimum Gasteiger partial charge on any atom is -0.302 e. The van der Waals surface area contributed by atoms with Crippen molar-refractivity contribution in [1.29, 1.82) is 0 Å². The monoisotopic (exact) mass is 249 g/mol. The second-order valence-corrected chi connectivity index (χ2v) is 3.91. The number of hydrogen-bond acceptors (Lipinski definition) is 1. The fraction of sp³-hybridized carbons (Fsp3) is 0.167. The van der Waals surface area contributed by atoms with Gasteiger partial charge in [0, 0.05) is 16.6 Å². The van der Waals surface area contributed by atoms with Gasteiger partial charge in [0.25, 0.3) is 0 Å². The van der Waals surface area contributed by atoms with E-state index in [1.807, 2.05) is 30.3 Å². The van der Waals surface area contributed by atoms with E-state index in [2.05, 4.69) is 39.7 Å². The van der Waals surface area contributed by atoms with E-state index in [0.29, 0.717) is 6.54 Å². The van der Waals surface area contributed by atoms with Gasteiger partial charge in [-0.2, -0.15) is 0 Å². The van der Waals surface area contributed by atoms with Gasteiger partial charge in [-0.15, -0.1) is 0 Å². The Kier molecular flexibility index (Phi) is 5.06. The molecular weight excluding hydrogens is 238 g/mol. The van der Waals surface area contributed by atoms with Crippen molar-refractivity contribution in [3.63, 3.8) is 0 Å². The fourth-order valence-electron chi connectivity index (χ4n) is 0.928. The minimum atomic E-state index is 0.680. The van der Waals surface area contributed by atoms with Crippen LogP contribution in [0.4, 0.5) is 0 Å². The Balaban J connectivity index is 2.31. The molecule has 0 saturated carbocycles. The maximum Gasteiger partial charge on any atom is 0.0583 e. The Morgan fingerprint density at radius 3 is 2.71 bits per heavy atom. The summed E-state index contributed by atoms with van der Waals surface area (Å²) in [7, 11) is 0. The highest BCUT2D eigenvalue weighted by Gasteiger charge is 1.84. The van der Waals surface area contributed by atoms with E-state index < -0.39 is 0 Å². The van der Waals surface area contributed by atoms with E-state index >= 15 is 0 Å². The Hall–Kier alpha value is -1.04. The largest absolute Gasteiger partial charge is 0.302 e. The van der Waals surface area contributed by atoms with E-state index in [4.69, 9.17) is 0 Å². The normalized spacial score (nSPS) is 8.93. The molecule has 0 saturated heterocycles. The topological polar surface area (TPSA) is 12.0 Å². The molecule has 0 atom stereocenters. The van der Waals surface area contributed by atoms with E-state index in [1.54, 1.807) is 0 Å². The van der Waals surface area contributed by atoms with Crippen LogP contribution in [0.2, 0.25) is 0 Å². The van der Waals surface area contributed by atoms with Crippen LogP contribution in [0.5, 0.6) is 0 Å². The molecule has 0 unspecified atom stereocenters. The van der Waals surface area contributed by atoms with Crippen LogP contribution in [0.15, 0.2) is 41.4 Å². The molecule has 0 heterocycles. The van der Waals surface area contributed by atoms with Gasteiger partial charge in [-0.25, -0.2) is 0 Å². The molecule has 0 aliphatic heterocycles. The summed E-state index contributed by atoms with van der Waals surface area (Å²) in [5.74, 6) is 6.09. The molecule has 0 aliphatic rings. The highest BCUT2D eigenvalue weighted by molar-refractivity contribution is 9.11. The average Bonchev–Trinajstić information content (AvgIpc) is 2.18. The van der Waals surface area contributed by atoms with Crippen LogP contribution in [0.3, 0.4) is 0 Å². The molecule has 1 rings (SSSR count). The molecule has 0 aliphatic carbocycles. The smallest absolute Gasteiger partial charge is 0.0583 e. The van der Waals surface area contributed by atoms with Crippen LogP contribution >= 0.6 is 15.9 Å². The molecule has 14 heavy (non-hydrogen) atoms. The fourth-order valence-corrected chi connectivity index (χ4v) is 1.13. The second-order valence-electron chi connectivity index (χ2n) is 2.79. The molecule has 0 spiro atoms. The average molecular weight is 250 g/mol. The van der Waals surface area contributed by atoms with Crippen LogP contribution in [-0.4, -0.2) is 13.1 Å². The van der Waals surface area contributed by atoms with Crippen LogP contribution in [0.1, 0.15) is 5.56 Å². The first kappa shape index (κ1) is 11.0. The summed E-state index contributed by atoms with van der Waals surface area (Å²) in [6, 6.07) is 9.95. The van der Waals surface area contributed by atoms with E-state index in [-0.39, 0.29) is 0 Å². The van der Waals surface area contributed by atoms with Gasteiger partial charge < -0.3 is 5.32 Å². The lowest BCUT2D eigenvalue weighted by Crippen LogP contribution is -2.14. The molecule has 0 radical (unpaired) electrons. The molecule has 1 aromatic rings. The Labute approximate surface area is 93.3 Å². The number of benzene rings is 1. The SMILES string of the molecule is C=C(Br)CNCC#Cc1ccccc1. The van der Waals surface area contributed by atoms with Crippen molar-refractivity contribution in [2.24, 2.45) is 0 Å². The number of nitrogens with one attached hydrogen (secondary N) is 1. The molecule has 1 aromatic carbocycles. The highest BCUT2D eigenvalue weighted by Crippen LogP contribution is 1.96. The molecule has 2 heteroatoms. The van der Waals surface area contributed by atoms with Gasteiger partial charge in [-0.1, -0.05) is 52.5 Å². The zero-order valence-electron chi connectivity index (χ0n) is 7.89. The third kappa shape index (κ3) is 4.86. The van der Waals surface area contributed by atoms with E-state index in [0.717, 1.165) is 16.6 Å². The summed E-state index contributed by atoms with van der Waals surface area (Å²) in [6.45, 7) is 5.15. The van der Waals surface area contributed by atoms with Gasteiger partial charge in [0.05, 0.1) is 6.54 Å². The summed E-state index contributed by atoms with van der Waals surface area (Å²) < 4.78 is 0.944. The zero-order valence-corrected chi connectivity index (χ0v) is 9.47. The molecule has 72 valence electrons. The van der Waals surface area contributed by atoms with Crippen molar-refractivity contribution in [3.8, 4) is 11.8 Å². The first-order valence-corrected chi connectivity index (χ1v) is 5.16. The predicted molar refractivity (Wildman–Crippen MR) is 64.3 cm³/mol. The summed E-state index contributed by atoms with van der Waals surface area (Å²) in [5, 5.41) is 3.14. The summed E-state index contributed by atoms with van der Waals surface area (Å²) in [6.07, 6.45) is 0.